The lowest BCUT2D eigenvalue weighted by atomic mass is 10.1. The molecule has 0 aliphatic carbocycles. The van der Waals surface area contributed by atoms with Gasteiger partial charge in [0.2, 0.25) is 15.9 Å². The van der Waals surface area contributed by atoms with E-state index in [-0.39, 0.29) is 12.5 Å². The second-order valence-corrected chi connectivity index (χ2v) is 9.68. The highest BCUT2D eigenvalue weighted by Gasteiger charge is 2.23. The highest BCUT2D eigenvalue weighted by Crippen LogP contribution is 2.22. The number of benzene rings is 3. The van der Waals surface area contributed by atoms with Crippen molar-refractivity contribution in [3.63, 3.8) is 0 Å². The number of amides is 1. The van der Waals surface area contributed by atoms with Gasteiger partial charge in [-0.3, -0.25) is 9.10 Å². The van der Waals surface area contributed by atoms with Gasteiger partial charge in [0.1, 0.15) is 18.9 Å². The summed E-state index contributed by atoms with van der Waals surface area (Å²) in [6, 6.07) is 24.4. The number of hydrogen-bond donors (Lipinski definition) is 0. The van der Waals surface area contributed by atoms with Crippen LogP contribution >= 0.6 is 0 Å². The monoisotopic (exact) mass is 452 g/mol. The molecule has 168 valence electrons. The van der Waals surface area contributed by atoms with Crippen molar-refractivity contribution < 1.29 is 17.9 Å². The molecular formula is C25H28N2O4S. The van der Waals surface area contributed by atoms with Crippen molar-refractivity contribution in [1.29, 1.82) is 0 Å². The van der Waals surface area contributed by atoms with Crippen LogP contribution in [0.4, 0.5) is 5.69 Å². The number of carbonyl (C=O) groups is 1. The van der Waals surface area contributed by atoms with Crippen molar-refractivity contribution in [2.24, 2.45) is 0 Å². The molecule has 3 aromatic rings. The molecule has 0 aromatic heterocycles. The van der Waals surface area contributed by atoms with Crippen molar-refractivity contribution in [2.45, 2.75) is 20.1 Å². The third kappa shape index (κ3) is 6.59. The average molecular weight is 453 g/mol. The largest absolute Gasteiger partial charge is 0.489 e. The van der Waals surface area contributed by atoms with Crippen LogP contribution in [0.1, 0.15) is 16.7 Å². The van der Waals surface area contributed by atoms with Crippen molar-refractivity contribution in [2.75, 3.05) is 24.2 Å². The van der Waals surface area contributed by atoms with Crippen LogP contribution in [0.25, 0.3) is 0 Å². The third-order valence-electron chi connectivity index (χ3n) is 5.02. The Bertz CT molecular complexity index is 1130. The number of sulfonamides is 1. The van der Waals surface area contributed by atoms with Crippen LogP contribution in [0.5, 0.6) is 5.75 Å². The Morgan fingerprint density at radius 3 is 2.09 bits per heavy atom. The summed E-state index contributed by atoms with van der Waals surface area (Å²) in [5.74, 6) is 0.328. The van der Waals surface area contributed by atoms with Gasteiger partial charge in [-0.15, -0.1) is 0 Å². The van der Waals surface area contributed by atoms with E-state index in [9.17, 15) is 13.2 Å². The maximum absolute atomic E-state index is 12.8. The number of aryl methyl sites for hydroxylation is 1. The quantitative estimate of drug-likeness (QED) is 0.492. The van der Waals surface area contributed by atoms with Crippen molar-refractivity contribution in [3.05, 3.63) is 95.6 Å². The first-order chi connectivity index (χ1) is 15.2. The normalized spacial score (nSPS) is 11.1. The van der Waals surface area contributed by atoms with Crippen molar-refractivity contribution in [1.82, 2.24) is 4.90 Å². The molecule has 3 aromatic carbocycles. The molecule has 3 rings (SSSR count). The summed E-state index contributed by atoms with van der Waals surface area (Å²) in [6.45, 7) is 2.55. The maximum atomic E-state index is 12.8. The number of hydrogen-bond acceptors (Lipinski definition) is 4. The van der Waals surface area contributed by atoms with E-state index in [0.29, 0.717) is 24.6 Å². The van der Waals surface area contributed by atoms with Gasteiger partial charge in [-0.2, -0.15) is 0 Å². The van der Waals surface area contributed by atoms with Crippen LogP contribution in [-0.4, -0.2) is 39.1 Å². The zero-order valence-electron chi connectivity index (χ0n) is 18.6. The van der Waals surface area contributed by atoms with Gasteiger partial charge in [0.15, 0.2) is 0 Å². The minimum absolute atomic E-state index is 0.272. The first kappa shape index (κ1) is 23.3. The number of likely N-dealkylation sites (N-methyl/N-ethyl adjacent to an activating group) is 1. The molecule has 0 fully saturated rings. The Hall–Kier alpha value is -3.32. The number of carbonyl (C=O) groups excluding carboxylic acids is 1. The van der Waals surface area contributed by atoms with E-state index in [1.54, 1.807) is 31.3 Å². The molecule has 1 amide bonds. The molecule has 6 nitrogen and oxygen atoms in total. The number of rotatable bonds is 9. The number of nitrogens with zero attached hydrogens (tertiary/aromatic N) is 2. The first-order valence-electron chi connectivity index (χ1n) is 10.3. The lowest BCUT2D eigenvalue weighted by Crippen LogP contribution is -2.41. The molecule has 0 aliphatic heterocycles. The molecule has 0 saturated carbocycles. The van der Waals surface area contributed by atoms with Gasteiger partial charge in [-0.05, 0) is 42.3 Å². The van der Waals surface area contributed by atoms with E-state index in [4.69, 9.17) is 4.74 Å². The van der Waals surface area contributed by atoms with Gasteiger partial charge in [-0.25, -0.2) is 8.42 Å². The molecule has 0 N–H and O–H groups in total. The van der Waals surface area contributed by atoms with Crippen LogP contribution in [0.15, 0.2) is 78.9 Å². The fourth-order valence-electron chi connectivity index (χ4n) is 3.15. The number of ether oxygens (including phenoxy) is 1. The Labute approximate surface area is 190 Å². The predicted octanol–water partition coefficient (Wildman–Crippen LogP) is 4.00. The molecule has 32 heavy (non-hydrogen) atoms. The summed E-state index contributed by atoms with van der Waals surface area (Å²) in [5.41, 5.74) is 3.58. The lowest BCUT2D eigenvalue weighted by molar-refractivity contribution is -0.128. The third-order valence-corrected chi connectivity index (χ3v) is 6.16. The molecule has 0 radical (unpaired) electrons. The van der Waals surface area contributed by atoms with E-state index in [2.05, 4.69) is 0 Å². The Kier molecular flexibility index (Phi) is 7.53. The zero-order valence-corrected chi connectivity index (χ0v) is 19.4. The molecule has 0 spiro atoms. The standard InChI is InChI=1S/C25H28N2O4S/c1-20-9-11-21(12-10-20)17-26(2)25(28)18-27(32(3,29)30)23-13-15-24(16-14-23)31-19-22-7-5-4-6-8-22/h4-16H,17-19H2,1-3H3. The summed E-state index contributed by atoms with van der Waals surface area (Å²) in [5, 5.41) is 0. The van der Waals surface area contributed by atoms with Gasteiger partial charge >= 0.3 is 0 Å². The molecule has 0 heterocycles. The van der Waals surface area contributed by atoms with E-state index in [0.717, 1.165) is 27.3 Å². The fourth-order valence-corrected chi connectivity index (χ4v) is 4.00. The predicted molar refractivity (Wildman–Crippen MR) is 127 cm³/mol. The highest BCUT2D eigenvalue weighted by molar-refractivity contribution is 7.92. The van der Waals surface area contributed by atoms with Crippen LogP contribution < -0.4 is 9.04 Å². The van der Waals surface area contributed by atoms with Crippen LogP contribution in [0.3, 0.4) is 0 Å². The highest BCUT2D eigenvalue weighted by atomic mass is 32.2. The second-order valence-electron chi connectivity index (χ2n) is 7.77. The van der Waals surface area contributed by atoms with E-state index in [1.807, 2.05) is 61.5 Å². The van der Waals surface area contributed by atoms with Crippen molar-refractivity contribution in [3.8, 4) is 5.75 Å². The molecule has 7 heteroatoms. The summed E-state index contributed by atoms with van der Waals surface area (Å²) < 4.78 is 31.7. The topological polar surface area (TPSA) is 66.9 Å². The fraction of sp³-hybridized carbons (Fsp3) is 0.240. The Morgan fingerprint density at radius 2 is 1.50 bits per heavy atom. The molecule has 0 aliphatic rings. The van der Waals surface area contributed by atoms with Gasteiger partial charge in [0, 0.05) is 13.6 Å². The van der Waals surface area contributed by atoms with Crippen LogP contribution in [0.2, 0.25) is 0 Å². The number of anilines is 1. The minimum Gasteiger partial charge on any atom is -0.489 e. The average Bonchev–Trinajstić information content (AvgIpc) is 2.78. The lowest BCUT2D eigenvalue weighted by Gasteiger charge is -2.25. The Morgan fingerprint density at radius 1 is 0.875 bits per heavy atom. The maximum Gasteiger partial charge on any atom is 0.243 e. The zero-order chi connectivity index (χ0) is 23.1. The minimum atomic E-state index is -3.65. The second kappa shape index (κ2) is 10.3. The first-order valence-corrected chi connectivity index (χ1v) is 12.1. The SMILES string of the molecule is Cc1ccc(CN(C)C(=O)CN(c2ccc(OCc3ccccc3)cc2)S(C)(=O)=O)cc1. The molecule has 0 unspecified atom stereocenters. The van der Waals surface area contributed by atoms with Gasteiger partial charge in [0.25, 0.3) is 0 Å². The van der Waals surface area contributed by atoms with Crippen molar-refractivity contribution >= 4 is 21.6 Å². The van der Waals surface area contributed by atoms with Crippen LogP contribution in [0, 0.1) is 6.92 Å². The molecule has 0 bridgehead atoms. The van der Waals surface area contributed by atoms with E-state index in [1.165, 1.54) is 4.90 Å². The Balaban J connectivity index is 1.66. The van der Waals surface area contributed by atoms with Crippen LogP contribution in [-0.2, 0) is 28.0 Å². The molecular weight excluding hydrogens is 424 g/mol. The van der Waals surface area contributed by atoms with E-state index >= 15 is 0 Å². The summed E-state index contributed by atoms with van der Waals surface area (Å²) in [6.07, 6.45) is 1.10. The molecule has 0 saturated heterocycles. The summed E-state index contributed by atoms with van der Waals surface area (Å²) >= 11 is 0. The van der Waals surface area contributed by atoms with E-state index < -0.39 is 10.0 Å². The van der Waals surface area contributed by atoms with Gasteiger partial charge in [-0.1, -0.05) is 60.2 Å². The summed E-state index contributed by atoms with van der Waals surface area (Å²) in [7, 11) is -1.98. The van der Waals surface area contributed by atoms with Gasteiger partial charge < -0.3 is 9.64 Å². The smallest absolute Gasteiger partial charge is 0.243 e. The molecule has 0 atom stereocenters. The summed E-state index contributed by atoms with van der Waals surface area (Å²) in [4.78, 5) is 14.3. The van der Waals surface area contributed by atoms with Gasteiger partial charge in [0.05, 0.1) is 11.9 Å².